The van der Waals surface area contributed by atoms with Crippen LogP contribution in [0.4, 0.5) is 0 Å². The number of furan rings is 1. The van der Waals surface area contributed by atoms with Gasteiger partial charge in [0.15, 0.2) is 11.8 Å². The molecule has 2 aromatic carbocycles. The quantitative estimate of drug-likeness (QED) is 0.732. The van der Waals surface area contributed by atoms with Crippen LogP contribution in [0.25, 0.3) is 0 Å². The first kappa shape index (κ1) is 17.4. The van der Waals surface area contributed by atoms with Crippen molar-refractivity contribution in [3.63, 3.8) is 0 Å². The molecular weight excluding hydrogens is 340 g/mol. The Balaban J connectivity index is 1.60. The number of hydrogen-bond acceptors (Lipinski definition) is 3. The highest BCUT2D eigenvalue weighted by molar-refractivity contribution is 5.89. The topological polar surface area (TPSA) is 55.9 Å². The number of likely N-dealkylation sites (N-methyl/N-ethyl adjacent to an activating group) is 1. The van der Waals surface area contributed by atoms with Crippen LogP contribution >= 0.6 is 0 Å². The molecule has 0 unspecified atom stereocenters. The molecule has 0 bridgehead atoms. The molecule has 0 saturated heterocycles. The lowest BCUT2D eigenvalue weighted by Crippen LogP contribution is -3.07. The number of amides is 1. The van der Waals surface area contributed by atoms with Gasteiger partial charge < -0.3 is 19.4 Å². The minimum atomic E-state index is -0.388. The van der Waals surface area contributed by atoms with Crippen molar-refractivity contribution >= 4 is 5.91 Å². The molecule has 3 aromatic rings. The van der Waals surface area contributed by atoms with E-state index < -0.39 is 0 Å². The van der Waals surface area contributed by atoms with Gasteiger partial charge in [0, 0.05) is 11.1 Å². The van der Waals surface area contributed by atoms with Crippen molar-refractivity contribution < 1.29 is 18.8 Å². The molecule has 1 amide bonds. The Labute approximate surface area is 158 Å². The van der Waals surface area contributed by atoms with Crippen LogP contribution in [-0.4, -0.2) is 26.5 Å². The van der Waals surface area contributed by atoms with Crippen LogP contribution in [0.1, 0.15) is 28.8 Å². The van der Waals surface area contributed by atoms with E-state index in [4.69, 9.17) is 9.15 Å². The van der Waals surface area contributed by atoms with Crippen LogP contribution in [0.2, 0.25) is 0 Å². The van der Waals surface area contributed by atoms with Crippen LogP contribution in [-0.2, 0) is 4.79 Å². The highest BCUT2D eigenvalue weighted by Crippen LogP contribution is 2.43. The van der Waals surface area contributed by atoms with E-state index in [0.29, 0.717) is 6.54 Å². The molecule has 5 nitrogen and oxygen atoms in total. The van der Waals surface area contributed by atoms with Gasteiger partial charge in [-0.15, -0.1) is 0 Å². The van der Waals surface area contributed by atoms with E-state index in [-0.39, 0.29) is 17.9 Å². The molecule has 1 aromatic heterocycles. The third-order valence-corrected chi connectivity index (χ3v) is 5.01. The van der Waals surface area contributed by atoms with Gasteiger partial charge in [-0.2, -0.15) is 0 Å². The maximum Gasteiger partial charge on any atom is 0.232 e. The van der Waals surface area contributed by atoms with Crippen LogP contribution in [0.3, 0.4) is 0 Å². The minimum absolute atomic E-state index is 0.0315. The SMILES string of the molecule is C[NH+](C)[C@H](CNC(=O)C1c2ccccc2Oc2ccccc21)c1ccco1. The summed E-state index contributed by atoms with van der Waals surface area (Å²) in [5.74, 6) is 1.91. The number of quaternary nitrogens is 1. The number of carbonyl (C=O) groups excluding carboxylic acids is 1. The third kappa shape index (κ3) is 3.34. The van der Waals surface area contributed by atoms with Gasteiger partial charge in [0.2, 0.25) is 5.91 Å². The van der Waals surface area contributed by atoms with Gasteiger partial charge in [-0.1, -0.05) is 36.4 Å². The van der Waals surface area contributed by atoms with Crippen LogP contribution < -0.4 is 15.0 Å². The average Bonchev–Trinajstić information content (AvgIpc) is 3.20. The van der Waals surface area contributed by atoms with E-state index in [0.717, 1.165) is 28.4 Å². The minimum Gasteiger partial charge on any atom is -0.463 e. The Morgan fingerprint density at radius 1 is 1.00 bits per heavy atom. The zero-order chi connectivity index (χ0) is 18.8. The number of para-hydroxylation sites is 2. The van der Waals surface area contributed by atoms with Gasteiger partial charge in [-0.05, 0) is 24.3 Å². The van der Waals surface area contributed by atoms with E-state index in [2.05, 4.69) is 19.4 Å². The van der Waals surface area contributed by atoms with E-state index in [1.807, 2.05) is 60.7 Å². The standard InChI is InChI=1S/C22H22N2O3/c1-24(2)17(20-12-7-13-26-20)14-23-22(25)21-15-8-3-5-10-18(15)27-19-11-6-4-9-16(19)21/h3-13,17,21H,14H2,1-2H3,(H,23,25)/p+1/t17-/m1/s1. The molecule has 27 heavy (non-hydrogen) atoms. The summed E-state index contributed by atoms with van der Waals surface area (Å²) < 4.78 is 11.5. The summed E-state index contributed by atoms with van der Waals surface area (Å²) in [4.78, 5) is 14.4. The van der Waals surface area contributed by atoms with Crippen LogP contribution in [0, 0.1) is 0 Å². The number of benzene rings is 2. The Kier molecular flexibility index (Phi) is 4.69. The Hall–Kier alpha value is -3.05. The highest BCUT2D eigenvalue weighted by Gasteiger charge is 2.33. The lowest BCUT2D eigenvalue weighted by atomic mass is 9.87. The van der Waals surface area contributed by atoms with Crippen molar-refractivity contribution in [2.24, 2.45) is 0 Å². The fraction of sp³-hybridized carbons (Fsp3) is 0.227. The normalized spacial score (nSPS) is 14.2. The molecule has 1 aliphatic rings. The lowest BCUT2D eigenvalue weighted by Gasteiger charge is -2.28. The lowest BCUT2D eigenvalue weighted by molar-refractivity contribution is -0.891. The molecule has 1 aliphatic heterocycles. The zero-order valence-electron chi connectivity index (χ0n) is 15.4. The molecule has 0 spiro atoms. The smallest absolute Gasteiger partial charge is 0.232 e. The van der Waals surface area contributed by atoms with Gasteiger partial charge in [0.1, 0.15) is 11.5 Å². The first-order valence-electron chi connectivity index (χ1n) is 9.12. The largest absolute Gasteiger partial charge is 0.463 e. The maximum absolute atomic E-state index is 13.2. The molecule has 2 N–H and O–H groups in total. The molecule has 0 saturated carbocycles. The van der Waals surface area contributed by atoms with Crippen molar-refractivity contribution in [3.05, 3.63) is 83.8 Å². The van der Waals surface area contributed by atoms with Crippen molar-refractivity contribution in [3.8, 4) is 11.5 Å². The highest BCUT2D eigenvalue weighted by atomic mass is 16.5. The molecule has 0 fully saturated rings. The summed E-state index contributed by atoms with van der Waals surface area (Å²) >= 11 is 0. The molecule has 138 valence electrons. The summed E-state index contributed by atoms with van der Waals surface area (Å²) in [5, 5.41) is 3.13. The molecule has 5 heteroatoms. The van der Waals surface area contributed by atoms with Gasteiger partial charge >= 0.3 is 0 Å². The van der Waals surface area contributed by atoms with E-state index >= 15 is 0 Å². The van der Waals surface area contributed by atoms with Gasteiger partial charge in [-0.3, -0.25) is 4.79 Å². The number of fused-ring (bicyclic) bond motifs is 2. The summed E-state index contributed by atoms with van der Waals surface area (Å²) in [6.07, 6.45) is 1.66. The number of rotatable bonds is 5. The second-order valence-electron chi connectivity index (χ2n) is 7.00. The van der Waals surface area contributed by atoms with Gasteiger partial charge in [0.25, 0.3) is 0 Å². The van der Waals surface area contributed by atoms with Gasteiger partial charge in [-0.25, -0.2) is 0 Å². The molecule has 1 atom stereocenters. The molecule has 0 radical (unpaired) electrons. The Bertz CT molecular complexity index is 889. The number of hydrogen-bond donors (Lipinski definition) is 2. The summed E-state index contributed by atoms with van der Waals surface area (Å²) in [5.41, 5.74) is 1.78. The second kappa shape index (κ2) is 7.29. The molecule has 4 rings (SSSR count). The zero-order valence-corrected chi connectivity index (χ0v) is 15.4. The van der Waals surface area contributed by atoms with Crippen LogP contribution in [0.15, 0.2) is 71.3 Å². The monoisotopic (exact) mass is 363 g/mol. The maximum atomic E-state index is 13.2. The third-order valence-electron chi connectivity index (χ3n) is 5.01. The first-order chi connectivity index (χ1) is 13.1. The summed E-state index contributed by atoms with van der Waals surface area (Å²) in [7, 11) is 4.11. The predicted octanol–water partition coefficient (Wildman–Crippen LogP) is 2.52. The Morgan fingerprint density at radius 2 is 1.63 bits per heavy atom. The van der Waals surface area contributed by atoms with E-state index in [9.17, 15) is 4.79 Å². The van der Waals surface area contributed by atoms with E-state index in [1.54, 1.807) is 6.26 Å². The molecular formula is C22H23N2O3+. The Morgan fingerprint density at radius 3 is 2.19 bits per heavy atom. The fourth-order valence-electron chi connectivity index (χ4n) is 3.58. The second-order valence-corrected chi connectivity index (χ2v) is 7.00. The number of ether oxygens (including phenoxy) is 1. The van der Waals surface area contributed by atoms with Crippen molar-refractivity contribution in [1.29, 1.82) is 0 Å². The summed E-state index contributed by atoms with van der Waals surface area (Å²) in [6, 6.07) is 19.3. The van der Waals surface area contributed by atoms with Crippen molar-refractivity contribution in [2.45, 2.75) is 12.0 Å². The fourth-order valence-corrected chi connectivity index (χ4v) is 3.58. The molecule has 2 heterocycles. The van der Waals surface area contributed by atoms with E-state index in [1.165, 1.54) is 4.90 Å². The first-order valence-corrected chi connectivity index (χ1v) is 9.12. The van der Waals surface area contributed by atoms with Crippen LogP contribution in [0.5, 0.6) is 11.5 Å². The number of carbonyl (C=O) groups is 1. The average molecular weight is 363 g/mol. The predicted molar refractivity (Wildman–Crippen MR) is 102 cm³/mol. The molecule has 0 aliphatic carbocycles. The van der Waals surface area contributed by atoms with Crippen molar-refractivity contribution in [1.82, 2.24) is 5.32 Å². The van der Waals surface area contributed by atoms with Crippen molar-refractivity contribution in [2.75, 3.05) is 20.6 Å². The summed E-state index contributed by atoms with van der Waals surface area (Å²) in [6.45, 7) is 0.496. The van der Waals surface area contributed by atoms with Gasteiger partial charge in [0.05, 0.1) is 32.8 Å². The number of nitrogens with one attached hydrogen (secondary N) is 2.